The van der Waals surface area contributed by atoms with Crippen LogP contribution in [0.15, 0.2) is 60.8 Å². The molecule has 1 unspecified atom stereocenters. The third-order valence-corrected chi connectivity index (χ3v) is 4.49. The second-order valence-corrected chi connectivity index (χ2v) is 6.15. The highest BCUT2D eigenvalue weighted by atomic mass is 127. The number of benzene rings is 2. The van der Waals surface area contributed by atoms with Gasteiger partial charge in [0.25, 0.3) is 0 Å². The molecule has 1 aromatic heterocycles. The van der Waals surface area contributed by atoms with Gasteiger partial charge >= 0.3 is 0 Å². The lowest BCUT2D eigenvalue weighted by atomic mass is 10.0. The molecule has 4 heteroatoms. The van der Waals surface area contributed by atoms with Crippen molar-refractivity contribution in [3.8, 4) is 11.1 Å². The summed E-state index contributed by atoms with van der Waals surface area (Å²) in [5.74, 6) is 0.718. The van der Waals surface area contributed by atoms with Gasteiger partial charge in [-0.25, -0.2) is 4.68 Å². The van der Waals surface area contributed by atoms with Crippen molar-refractivity contribution in [2.24, 2.45) is 0 Å². The van der Waals surface area contributed by atoms with E-state index in [4.69, 9.17) is 5.73 Å². The van der Waals surface area contributed by atoms with Crippen molar-refractivity contribution < 1.29 is 0 Å². The molecule has 0 aliphatic carbocycles. The van der Waals surface area contributed by atoms with E-state index in [1.165, 1.54) is 16.7 Å². The van der Waals surface area contributed by atoms with E-state index < -0.39 is 0 Å². The van der Waals surface area contributed by atoms with Crippen LogP contribution in [0.25, 0.3) is 11.1 Å². The van der Waals surface area contributed by atoms with Gasteiger partial charge in [0.15, 0.2) is 0 Å². The number of aromatic nitrogens is 2. The summed E-state index contributed by atoms with van der Waals surface area (Å²) in [6.45, 7) is 2.11. The van der Waals surface area contributed by atoms with Crippen LogP contribution in [-0.2, 0) is 0 Å². The Labute approximate surface area is 137 Å². The molecule has 3 rings (SSSR count). The highest BCUT2D eigenvalue weighted by Crippen LogP contribution is 2.26. The lowest BCUT2D eigenvalue weighted by Gasteiger charge is -2.15. The molecule has 21 heavy (non-hydrogen) atoms. The summed E-state index contributed by atoms with van der Waals surface area (Å²) in [7, 11) is 0. The van der Waals surface area contributed by atoms with Crippen molar-refractivity contribution in [3.05, 3.63) is 69.9 Å². The summed E-state index contributed by atoms with van der Waals surface area (Å²) in [4.78, 5) is 0. The SMILES string of the molecule is CC(c1ccc(-c2ccccc2)cc1)n1ncc(I)c1N. The molecule has 3 nitrogen and oxygen atoms in total. The quantitative estimate of drug-likeness (QED) is 0.677. The summed E-state index contributed by atoms with van der Waals surface area (Å²) in [6, 6.07) is 19.1. The Morgan fingerprint density at radius 3 is 2.19 bits per heavy atom. The topological polar surface area (TPSA) is 43.8 Å². The number of rotatable bonds is 3. The number of nitrogens with two attached hydrogens (primary N) is 1. The molecular formula is C17H16IN3. The Bertz CT molecular complexity index is 732. The first kappa shape index (κ1) is 14.1. The van der Waals surface area contributed by atoms with E-state index in [1.807, 2.05) is 10.7 Å². The predicted molar refractivity (Wildman–Crippen MR) is 95.0 cm³/mol. The number of nitrogens with zero attached hydrogens (tertiary/aromatic N) is 2. The summed E-state index contributed by atoms with van der Waals surface area (Å²) < 4.78 is 2.85. The Kier molecular flexibility index (Phi) is 3.96. The molecule has 3 aromatic rings. The van der Waals surface area contributed by atoms with E-state index in [-0.39, 0.29) is 6.04 Å². The van der Waals surface area contributed by atoms with Gasteiger partial charge in [-0.05, 0) is 46.2 Å². The Morgan fingerprint density at radius 1 is 1.00 bits per heavy atom. The standard InChI is InChI=1S/C17H16IN3/c1-12(21-17(19)16(18)11-20-21)13-7-9-15(10-8-13)14-5-3-2-4-6-14/h2-12H,19H2,1H3. The van der Waals surface area contributed by atoms with E-state index in [0.717, 1.165) is 9.39 Å². The number of halogens is 1. The van der Waals surface area contributed by atoms with Crippen molar-refractivity contribution in [2.75, 3.05) is 5.73 Å². The average molecular weight is 389 g/mol. The number of hydrogen-bond acceptors (Lipinski definition) is 2. The van der Waals surface area contributed by atoms with E-state index in [0.29, 0.717) is 0 Å². The molecule has 0 aliphatic heterocycles. The van der Waals surface area contributed by atoms with Crippen molar-refractivity contribution in [1.29, 1.82) is 0 Å². The summed E-state index contributed by atoms with van der Waals surface area (Å²) in [5, 5.41) is 4.36. The second kappa shape index (κ2) is 5.89. The lowest BCUT2D eigenvalue weighted by molar-refractivity contribution is 0.573. The van der Waals surface area contributed by atoms with Gasteiger partial charge in [0.2, 0.25) is 0 Å². The molecule has 0 aliphatic rings. The minimum Gasteiger partial charge on any atom is -0.383 e. The van der Waals surface area contributed by atoms with Crippen molar-refractivity contribution in [2.45, 2.75) is 13.0 Å². The highest BCUT2D eigenvalue weighted by molar-refractivity contribution is 14.1. The molecule has 106 valence electrons. The first-order valence-electron chi connectivity index (χ1n) is 6.80. The Balaban J connectivity index is 1.89. The number of nitrogen functional groups attached to an aromatic ring is 1. The third-order valence-electron chi connectivity index (χ3n) is 3.65. The van der Waals surface area contributed by atoms with Gasteiger partial charge in [-0.2, -0.15) is 5.10 Å². The predicted octanol–water partition coefficient (Wildman–Crippen LogP) is 4.35. The van der Waals surface area contributed by atoms with E-state index in [2.05, 4.69) is 83.1 Å². The van der Waals surface area contributed by atoms with Crippen LogP contribution in [0.3, 0.4) is 0 Å². The summed E-state index contributed by atoms with van der Waals surface area (Å²) in [6.07, 6.45) is 1.80. The lowest BCUT2D eigenvalue weighted by Crippen LogP contribution is -2.11. The minimum atomic E-state index is 0.123. The molecule has 0 spiro atoms. The van der Waals surface area contributed by atoms with Crippen LogP contribution < -0.4 is 5.73 Å². The number of anilines is 1. The van der Waals surface area contributed by atoms with Gasteiger partial charge in [-0.1, -0.05) is 54.6 Å². The fraction of sp³-hybridized carbons (Fsp3) is 0.118. The monoisotopic (exact) mass is 389 g/mol. The maximum atomic E-state index is 6.05. The molecule has 0 bridgehead atoms. The fourth-order valence-corrected chi connectivity index (χ4v) is 2.76. The second-order valence-electron chi connectivity index (χ2n) is 4.99. The van der Waals surface area contributed by atoms with Gasteiger partial charge in [0, 0.05) is 0 Å². The average Bonchev–Trinajstić information content (AvgIpc) is 2.87. The third kappa shape index (κ3) is 2.81. The van der Waals surface area contributed by atoms with Crippen LogP contribution in [0.1, 0.15) is 18.5 Å². The van der Waals surface area contributed by atoms with Crippen molar-refractivity contribution in [1.82, 2.24) is 9.78 Å². The molecule has 0 fully saturated rings. The largest absolute Gasteiger partial charge is 0.383 e. The highest BCUT2D eigenvalue weighted by Gasteiger charge is 2.13. The van der Waals surface area contributed by atoms with E-state index in [1.54, 1.807) is 6.20 Å². The minimum absolute atomic E-state index is 0.123. The van der Waals surface area contributed by atoms with Gasteiger partial charge in [0.05, 0.1) is 15.8 Å². The first-order chi connectivity index (χ1) is 10.2. The molecule has 1 atom stereocenters. The van der Waals surface area contributed by atoms with Gasteiger partial charge in [0.1, 0.15) is 5.82 Å². The van der Waals surface area contributed by atoms with Crippen LogP contribution in [0.5, 0.6) is 0 Å². The summed E-state index contributed by atoms with van der Waals surface area (Å²) >= 11 is 2.20. The van der Waals surface area contributed by atoms with E-state index >= 15 is 0 Å². The summed E-state index contributed by atoms with van der Waals surface area (Å²) in [5.41, 5.74) is 9.69. The maximum absolute atomic E-state index is 6.05. The van der Waals surface area contributed by atoms with Gasteiger partial charge in [-0.3, -0.25) is 0 Å². The van der Waals surface area contributed by atoms with Crippen LogP contribution in [0.2, 0.25) is 0 Å². The molecule has 0 amide bonds. The van der Waals surface area contributed by atoms with Crippen LogP contribution in [0, 0.1) is 3.57 Å². The molecule has 2 N–H and O–H groups in total. The Morgan fingerprint density at radius 2 is 1.62 bits per heavy atom. The number of hydrogen-bond donors (Lipinski definition) is 1. The first-order valence-corrected chi connectivity index (χ1v) is 7.88. The zero-order valence-electron chi connectivity index (χ0n) is 11.7. The molecule has 0 saturated heterocycles. The van der Waals surface area contributed by atoms with Gasteiger partial charge < -0.3 is 5.73 Å². The van der Waals surface area contributed by atoms with Crippen molar-refractivity contribution in [3.63, 3.8) is 0 Å². The molecule has 2 aromatic carbocycles. The smallest absolute Gasteiger partial charge is 0.135 e. The molecule has 1 heterocycles. The zero-order valence-corrected chi connectivity index (χ0v) is 13.9. The normalized spacial score (nSPS) is 12.3. The zero-order chi connectivity index (χ0) is 14.8. The molecule has 0 saturated carbocycles. The van der Waals surface area contributed by atoms with Crippen LogP contribution >= 0.6 is 22.6 Å². The maximum Gasteiger partial charge on any atom is 0.135 e. The Hall–Kier alpha value is -1.82. The van der Waals surface area contributed by atoms with Crippen LogP contribution in [-0.4, -0.2) is 9.78 Å². The van der Waals surface area contributed by atoms with Gasteiger partial charge in [-0.15, -0.1) is 0 Å². The fourth-order valence-electron chi connectivity index (χ4n) is 2.39. The molecule has 0 radical (unpaired) electrons. The van der Waals surface area contributed by atoms with E-state index in [9.17, 15) is 0 Å². The van der Waals surface area contributed by atoms with Crippen molar-refractivity contribution >= 4 is 28.4 Å². The molecular weight excluding hydrogens is 373 g/mol. The van der Waals surface area contributed by atoms with Crippen LogP contribution in [0.4, 0.5) is 5.82 Å².